The molecular weight excluding hydrogens is 325 g/mol. The van der Waals surface area contributed by atoms with Crippen molar-refractivity contribution in [1.29, 1.82) is 0 Å². The standard InChI is InChI=1S/C14H9BrFN3O/c15-11-3-1-2-9(6-11)14-18-13(19-20-14)10-4-5-12(16)8-17-7-10/h1-6,8H,7H2. The molecule has 0 saturated carbocycles. The number of benzene rings is 1. The Labute approximate surface area is 122 Å². The maximum Gasteiger partial charge on any atom is 0.258 e. The lowest BCUT2D eigenvalue weighted by molar-refractivity contribution is 0.428. The largest absolute Gasteiger partial charge is 0.334 e. The fourth-order valence-electron chi connectivity index (χ4n) is 1.75. The van der Waals surface area contributed by atoms with E-state index in [1.165, 1.54) is 12.3 Å². The van der Waals surface area contributed by atoms with Crippen molar-refractivity contribution in [3.8, 4) is 11.5 Å². The van der Waals surface area contributed by atoms with Gasteiger partial charge in [-0.05, 0) is 24.3 Å². The number of halogens is 2. The van der Waals surface area contributed by atoms with Crippen molar-refractivity contribution in [2.24, 2.45) is 4.99 Å². The van der Waals surface area contributed by atoms with Gasteiger partial charge in [-0.1, -0.05) is 33.2 Å². The Morgan fingerprint density at radius 1 is 1.25 bits per heavy atom. The third-order valence-corrected chi connectivity index (χ3v) is 3.20. The Hall–Kier alpha value is -2.08. The molecular formula is C14H9BrFN3O. The molecule has 6 heteroatoms. The second kappa shape index (κ2) is 5.50. The molecule has 0 bridgehead atoms. The molecule has 1 aromatic heterocycles. The number of hydrogen-bond acceptors (Lipinski definition) is 4. The fourth-order valence-corrected chi connectivity index (χ4v) is 2.14. The molecule has 2 aromatic rings. The van der Waals surface area contributed by atoms with E-state index in [9.17, 15) is 4.39 Å². The number of aliphatic imine (C=N–C) groups is 1. The van der Waals surface area contributed by atoms with Crippen LogP contribution in [0, 0.1) is 0 Å². The molecule has 3 rings (SSSR count). The number of rotatable bonds is 2. The van der Waals surface area contributed by atoms with Crippen LogP contribution in [0.15, 0.2) is 56.2 Å². The summed E-state index contributed by atoms with van der Waals surface area (Å²) >= 11 is 3.39. The van der Waals surface area contributed by atoms with E-state index in [1.54, 1.807) is 6.08 Å². The van der Waals surface area contributed by atoms with E-state index in [1.807, 2.05) is 24.3 Å². The third-order valence-electron chi connectivity index (χ3n) is 2.70. The zero-order valence-electron chi connectivity index (χ0n) is 10.3. The van der Waals surface area contributed by atoms with Crippen molar-refractivity contribution in [3.05, 3.63) is 52.5 Å². The van der Waals surface area contributed by atoms with Crippen LogP contribution in [0.4, 0.5) is 4.39 Å². The van der Waals surface area contributed by atoms with Crippen molar-refractivity contribution in [2.75, 3.05) is 6.54 Å². The van der Waals surface area contributed by atoms with E-state index in [4.69, 9.17) is 4.52 Å². The number of hydrogen-bond donors (Lipinski definition) is 0. The Bertz CT molecular complexity index is 734. The highest BCUT2D eigenvalue weighted by molar-refractivity contribution is 9.10. The summed E-state index contributed by atoms with van der Waals surface area (Å²) in [5, 5.41) is 3.92. The van der Waals surface area contributed by atoms with E-state index in [-0.39, 0.29) is 0 Å². The number of nitrogens with zero attached hydrogens (tertiary/aromatic N) is 3. The number of aromatic nitrogens is 2. The summed E-state index contributed by atoms with van der Waals surface area (Å²) in [5.41, 5.74) is 1.52. The van der Waals surface area contributed by atoms with Crippen LogP contribution in [0.1, 0.15) is 5.82 Å². The quantitative estimate of drug-likeness (QED) is 0.839. The second-order valence-corrected chi connectivity index (χ2v) is 5.06. The summed E-state index contributed by atoms with van der Waals surface area (Å²) < 4.78 is 19.2. The lowest BCUT2D eigenvalue weighted by Crippen LogP contribution is -1.91. The summed E-state index contributed by atoms with van der Waals surface area (Å²) in [6.45, 7) is 0.321. The van der Waals surface area contributed by atoms with Crippen LogP contribution < -0.4 is 0 Å². The molecule has 0 aliphatic carbocycles. The van der Waals surface area contributed by atoms with Crippen molar-refractivity contribution < 1.29 is 8.91 Å². The highest BCUT2D eigenvalue weighted by atomic mass is 79.9. The molecule has 1 aromatic carbocycles. The molecule has 0 atom stereocenters. The molecule has 0 unspecified atom stereocenters. The Kier molecular flexibility index (Phi) is 3.56. The van der Waals surface area contributed by atoms with E-state index in [2.05, 4.69) is 31.1 Å². The highest BCUT2D eigenvalue weighted by Crippen LogP contribution is 2.23. The van der Waals surface area contributed by atoms with Crippen LogP contribution >= 0.6 is 15.9 Å². The number of allylic oxidation sites excluding steroid dienone is 3. The van der Waals surface area contributed by atoms with Crippen LogP contribution in [0.2, 0.25) is 0 Å². The Balaban J connectivity index is 1.93. The van der Waals surface area contributed by atoms with Crippen molar-refractivity contribution >= 4 is 27.7 Å². The zero-order valence-corrected chi connectivity index (χ0v) is 11.8. The topological polar surface area (TPSA) is 51.3 Å². The molecule has 0 fully saturated rings. The van der Waals surface area contributed by atoms with Gasteiger partial charge in [-0.3, -0.25) is 4.99 Å². The zero-order chi connectivity index (χ0) is 13.9. The summed E-state index contributed by atoms with van der Waals surface area (Å²) in [6.07, 6.45) is 4.12. The molecule has 0 saturated heterocycles. The lowest BCUT2D eigenvalue weighted by atomic mass is 10.2. The molecule has 0 spiro atoms. The van der Waals surface area contributed by atoms with Crippen LogP contribution in [-0.2, 0) is 0 Å². The van der Waals surface area contributed by atoms with Gasteiger partial charge in [0.25, 0.3) is 5.89 Å². The molecule has 2 heterocycles. The van der Waals surface area contributed by atoms with Crippen molar-refractivity contribution in [3.63, 3.8) is 0 Å². The van der Waals surface area contributed by atoms with Crippen LogP contribution in [0.25, 0.3) is 17.0 Å². The predicted molar refractivity (Wildman–Crippen MR) is 78.0 cm³/mol. The average Bonchev–Trinajstić information content (AvgIpc) is 2.83. The SMILES string of the molecule is FC1=CC=C(c2noc(-c3cccc(Br)c3)n2)CN=C1. The van der Waals surface area contributed by atoms with E-state index in [0.717, 1.165) is 10.0 Å². The van der Waals surface area contributed by atoms with Crippen molar-refractivity contribution in [2.45, 2.75) is 0 Å². The van der Waals surface area contributed by atoms with Gasteiger partial charge in [0.2, 0.25) is 5.82 Å². The molecule has 1 aliphatic heterocycles. The normalized spacial score (nSPS) is 14.7. The molecule has 0 N–H and O–H groups in total. The smallest absolute Gasteiger partial charge is 0.258 e. The highest BCUT2D eigenvalue weighted by Gasteiger charge is 2.13. The van der Waals surface area contributed by atoms with Gasteiger partial charge in [-0.2, -0.15) is 4.98 Å². The molecule has 0 radical (unpaired) electrons. The third kappa shape index (κ3) is 2.75. The minimum Gasteiger partial charge on any atom is -0.334 e. The van der Waals surface area contributed by atoms with Gasteiger partial charge in [0.05, 0.1) is 12.8 Å². The summed E-state index contributed by atoms with van der Waals surface area (Å²) in [6, 6.07) is 7.56. The lowest BCUT2D eigenvalue weighted by Gasteiger charge is -1.95. The van der Waals surface area contributed by atoms with Crippen LogP contribution in [0.5, 0.6) is 0 Å². The van der Waals surface area contributed by atoms with Gasteiger partial charge in [-0.15, -0.1) is 0 Å². The minimum absolute atomic E-state index is 0.321. The van der Waals surface area contributed by atoms with Gasteiger partial charge in [0.1, 0.15) is 5.83 Å². The molecule has 100 valence electrons. The summed E-state index contributed by atoms with van der Waals surface area (Å²) in [7, 11) is 0. The average molecular weight is 334 g/mol. The Morgan fingerprint density at radius 3 is 3.00 bits per heavy atom. The van der Waals surface area contributed by atoms with Gasteiger partial charge in [0, 0.05) is 15.6 Å². The maximum absolute atomic E-state index is 13.0. The van der Waals surface area contributed by atoms with Crippen LogP contribution in [0.3, 0.4) is 0 Å². The van der Waals surface area contributed by atoms with Gasteiger partial charge in [0.15, 0.2) is 0 Å². The minimum atomic E-state index is -0.393. The van der Waals surface area contributed by atoms with Crippen LogP contribution in [-0.4, -0.2) is 22.9 Å². The first-order valence-electron chi connectivity index (χ1n) is 5.88. The molecule has 4 nitrogen and oxygen atoms in total. The first kappa shape index (κ1) is 12.9. The monoisotopic (exact) mass is 333 g/mol. The fraction of sp³-hybridized carbons (Fsp3) is 0.0714. The summed E-state index contributed by atoms with van der Waals surface area (Å²) in [5.74, 6) is 0.443. The van der Waals surface area contributed by atoms with E-state index < -0.39 is 5.83 Å². The maximum atomic E-state index is 13.0. The van der Waals surface area contributed by atoms with Crippen molar-refractivity contribution in [1.82, 2.24) is 10.1 Å². The van der Waals surface area contributed by atoms with E-state index >= 15 is 0 Å². The van der Waals surface area contributed by atoms with Gasteiger partial charge >= 0.3 is 0 Å². The first-order valence-corrected chi connectivity index (χ1v) is 6.68. The second-order valence-electron chi connectivity index (χ2n) is 4.15. The van der Waals surface area contributed by atoms with Gasteiger partial charge in [-0.25, -0.2) is 4.39 Å². The Morgan fingerprint density at radius 2 is 2.15 bits per heavy atom. The van der Waals surface area contributed by atoms with E-state index in [0.29, 0.717) is 23.8 Å². The first-order chi connectivity index (χ1) is 9.72. The van der Waals surface area contributed by atoms with Gasteiger partial charge < -0.3 is 4.52 Å². The summed E-state index contributed by atoms with van der Waals surface area (Å²) in [4.78, 5) is 8.26. The predicted octanol–water partition coefficient (Wildman–Crippen LogP) is 3.82. The molecule has 0 amide bonds. The molecule has 1 aliphatic rings. The molecule has 20 heavy (non-hydrogen) atoms.